The molecule has 6 heteroatoms. The van der Waals surface area contributed by atoms with Crippen LogP contribution in [0.2, 0.25) is 0 Å². The molecule has 0 saturated carbocycles. The minimum absolute atomic E-state index is 0.0269. The standard InChI is InChI=1S/C28H25NO5/c1-32-26-13-10-20(17-27(26)33-2)16-25(30)23-18-29(21-7-5-4-6-8-21)24-12-9-19(15-22(23)24)11-14-28(31)34-3/h4-15,17-18H,16H2,1-3H3/b14-11+. The summed E-state index contributed by atoms with van der Waals surface area (Å²) in [7, 11) is 4.48. The van der Waals surface area contributed by atoms with Crippen molar-refractivity contribution in [2.45, 2.75) is 6.42 Å². The van der Waals surface area contributed by atoms with Crippen LogP contribution < -0.4 is 9.47 Å². The van der Waals surface area contributed by atoms with Gasteiger partial charge in [0, 0.05) is 35.3 Å². The van der Waals surface area contributed by atoms with Crippen LogP contribution in [0.4, 0.5) is 0 Å². The average molecular weight is 456 g/mol. The quantitative estimate of drug-likeness (QED) is 0.206. The summed E-state index contributed by atoms with van der Waals surface area (Å²) in [5, 5.41) is 0.807. The van der Waals surface area contributed by atoms with E-state index in [9.17, 15) is 9.59 Å². The first-order valence-corrected chi connectivity index (χ1v) is 10.7. The molecule has 0 radical (unpaired) electrons. The maximum Gasteiger partial charge on any atom is 0.330 e. The second-order valence-corrected chi connectivity index (χ2v) is 7.67. The number of para-hydroxylation sites is 1. The lowest BCUT2D eigenvalue weighted by Crippen LogP contribution is -2.04. The van der Waals surface area contributed by atoms with Crippen molar-refractivity contribution in [2.75, 3.05) is 21.3 Å². The molecular formula is C28H25NO5. The first-order valence-electron chi connectivity index (χ1n) is 10.7. The normalized spacial score (nSPS) is 11.0. The molecule has 0 unspecified atom stereocenters. The molecule has 0 N–H and O–H groups in total. The highest BCUT2D eigenvalue weighted by Crippen LogP contribution is 2.30. The van der Waals surface area contributed by atoms with E-state index in [1.165, 1.54) is 13.2 Å². The summed E-state index contributed by atoms with van der Waals surface area (Å²) < 4.78 is 17.4. The highest BCUT2D eigenvalue weighted by Gasteiger charge is 2.18. The third kappa shape index (κ3) is 4.71. The molecule has 0 saturated heterocycles. The molecule has 0 aliphatic carbocycles. The van der Waals surface area contributed by atoms with Crippen molar-refractivity contribution in [2.24, 2.45) is 0 Å². The van der Waals surface area contributed by atoms with Crippen LogP contribution in [-0.2, 0) is 16.0 Å². The second kappa shape index (κ2) is 10.1. The number of benzene rings is 3. The number of rotatable bonds is 8. The monoisotopic (exact) mass is 455 g/mol. The highest BCUT2D eigenvalue weighted by atomic mass is 16.5. The Hall–Kier alpha value is -4.32. The Morgan fingerprint density at radius 2 is 1.65 bits per heavy atom. The van der Waals surface area contributed by atoms with Gasteiger partial charge in [-0.25, -0.2) is 4.79 Å². The zero-order valence-electron chi connectivity index (χ0n) is 19.3. The predicted molar refractivity (Wildman–Crippen MR) is 132 cm³/mol. The topological polar surface area (TPSA) is 66.8 Å². The molecule has 4 aromatic rings. The minimum atomic E-state index is -0.438. The molecule has 0 fully saturated rings. The summed E-state index contributed by atoms with van der Waals surface area (Å²) in [6.45, 7) is 0. The summed E-state index contributed by atoms with van der Waals surface area (Å²) in [6.07, 6.45) is 5.11. The highest BCUT2D eigenvalue weighted by molar-refractivity contribution is 6.09. The molecule has 4 rings (SSSR count). The molecule has 3 aromatic carbocycles. The van der Waals surface area contributed by atoms with Gasteiger partial charge in [0.05, 0.1) is 26.8 Å². The van der Waals surface area contributed by atoms with Crippen LogP contribution in [-0.4, -0.2) is 37.6 Å². The fourth-order valence-corrected chi connectivity index (χ4v) is 3.88. The van der Waals surface area contributed by atoms with Gasteiger partial charge in [0.15, 0.2) is 17.3 Å². The molecule has 1 aromatic heterocycles. The number of nitrogens with zero attached hydrogens (tertiary/aromatic N) is 1. The van der Waals surface area contributed by atoms with E-state index in [0.29, 0.717) is 17.1 Å². The maximum absolute atomic E-state index is 13.5. The van der Waals surface area contributed by atoms with Crippen molar-refractivity contribution in [1.82, 2.24) is 4.57 Å². The third-order valence-corrected chi connectivity index (χ3v) is 5.59. The number of carbonyl (C=O) groups excluding carboxylic acids is 2. The van der Waals surface area contributed by atoms with Gasteiger partial charge in [-0.1, -0.05) is 30.3 Å². The van der Waals surface area contributed by atoms with Gasteiger partial charge in [-0.3, -0.25) is 4.79 Å². The van der Waals surface area contributed by atoms with E-state index in [1.807, 2.05) is 71.4 Å². The lowest BCUT2D eigenvalue weighted by atomic mass is 10.0. The van der Waals surface area contributed by atoms with E-state index in [0.717, 1.165) is 27.7 Å². The van der Waals surface area contributed by atoms with E-state index in [2.05, 4.69) is 4.74 Å². The number of carbonyl (C=O) groups is 2. The number of fused-ring (bicyclic) bond motifs is 1. The molecule has 172 valence electrons. The first kappa shape index (κ1) is 22.9. The van der Waals surface area contributed by atoms with Crippen molar-refractivity contribution in [3.8, 4) is 17.2 Å². The van der Waals surface area contributed by atoms with Crippen LogP contribution >= 0.6 is 0 Å². The van der Waals surface area contributed by atoms with Crippen molar-refractivity contribution in [3.05, 3.63) is 95.7 Å². The van der Waals surface area contributed by atoms with Gasteiger partial charge in [-0.05, 0) is 53.6 Å². The zero-order valence-corrected chi connectivity index (χ0v) is 19.3. The zero-order chi connectivity index (χ0) is 24.1. The van der Waals surface area contributed by atoms with Crippen molar-refractivity contribution < 1.29 is 23.8 Å². The molecule has 0 aliphatic heterocycles. The third-order valence-electron chi connectivity index (χ3n) is 5.59. The average Bonchev–Trinajstić information content (AvgIpc) is 3.26. The second-order valence-electron chi connectivity index (χ2n) is 7.67. The Morgan fingerprint density at radius 1 is 0.882 bits per heavy atom. The van der Waals surface area contributed by atoms with Crippen LogP contribution in [0, 0.1) is 0 Å². The number of esters is 1. The maximum atomic E-state index is 13.5. The lowest BCUT2D eigenvalue weighted by Gasteiger charge is -2.09. The molecule has 0 amide bonds. The number of Topliss-reactive ketones (excluding diaryl/α,β-unsaturated/α-hetero) is 1. The van der Waals surface area contributed by atoms with Gasteiger partial charge < -0.3 is 18.8 Å². The van der Waals surface area contributed by atoms with Gasteiger partial charge in [-0.15, -0.1) is 0 Å². The smallest absolute Gasteiger partial charge is 0.330 e. The summed E-state index contributed by atoms with van der Waals surface area (Å²) in [6, 6.07) is 21.1. The Kier molecular flexibility index (Phi) is 6.78. The Morgan fingerprint density at radius 3 is 2.35 bits per heavy atom. The number of hydrogen-bond donors (Lipinski definition) is 0. The fraction of sp³-hybridized carbons (Fsp3) is 0.143. The lowest BCUT2D eigenvalue weighted by molar-refractivity contribution is -0.134. The molecule has 0 aliphatic rings. The van der Waals surface area contributed by atoms with Gasteiger partial charge in [0.1, 0.15) is 0 Å². The molecule has 34 heavy (non-hydrogen) atoms. The SMILES string of the molecule is COC(=O)/C=C/c1ccc2c(c1)c(C(=O)Cc1ccc(OC)c(OC)c1)cn2-c1ccccc1. The van der Waals surface area contributed by atoms with Crippen molar-refractivity contribution in [1.29, 1.82) is 0 Å². The summed E-state index contributed by atoms with van der Waals surface area (Å²) >= 11 is 0. The minimum Gasteiger partial charge on any atom is -0.493 e. The summed E-state index contributed by atoms with van der Waals surface area (Å²) in [4.78, 5) is 25.0. The molecule has 0 bridgehead atoms. The fourth-order valence-electron chi connectivity index (χ4n) is 3.88. The molecule has 1 heterocycles. The van der Waals surface area contributed by atoms with Crippen LogP contribution in [0.25, 0.3) is 22.7 Å². The number of ketones is 1. The molecule has 6 nitrogen and oxygen atoms in total. The molecule has 0 spiro atoms. The predicted octanol–water partition coefficient (Wildman–Crippen LogP) is 5.26. The van der Waals surface area contributed by atoms with E-state index >= 15 is 0 Å². The van der Waals surface area contributed by atoms with E-state index < -0.39 is 5.97 Å². The van der Waals surface area contributed by atoms with Gasteiger partial charge in [0.2, 0.25) is 0 Å². The number of methoxy groups -OCH3 is 3. The van der Waals surface area contributed by atoms with Crippen molar-refractivity contribution in [3.63, 3.8) is 0 Å². The molecule has 0 atom stereocenters. The van der Waals surface area contributed by atoms with E-state index in [4.69, 9.17) is 9.47 Å². The number of hydrogen-bond acceptors (Lipinski definition) is 5. The van der Waals surface area contributed by atoms with E-state index in [-0.39, 0.29) is 12.2 Å². The first-order chi connectivity index (χ1) is 16.5. The van der Waals surface area contributed by atoms with Crippen LogP contribution in [0.3, 0.4) is 0 Å². The Labute approximate surface area is 198 Å². The largest absolute Gasteiger partial charge is 0.493 e. The van der Waals surface area contributed by atoms with Gasteiger partial charge in [-0.2, -0.15) is 0 Å². The summed E-state index contributed by atoms with van der Waals surface area (Å²) in [5.41, 5.74) is 4.07. The van der Waals surface area contributed by atoms with Gasteiger partial charge in [0.25, 0.3) is 0 Å². The van der Waals surface area contributed by atoms with Crippen LogP contribution in [0.1, 0.15) is 21.5 Å². The van der Waals surface area contributed by atoms with Crippen molar-refractivity contribution >= 4 is 28.7 Å². The van der Waals surface area contributed by atoms with E-state index in [1.54, 1.807) is 26.4 Å². The Balaban J connectivity index is 1.77. The Bertz CT molecular complexity index is 1370. The summed E-state index contributed by atoms with van der Waals surface area (Å²) in [5.74, 6) is 0.726. The van der Waals surface area contributed by atoms with Crippen LogP contribution in [0.15, 0.2) is 79.0 Å². The number of aromatic nitrogens is 1. The van der Waals surface area contributed by atoms with Gasteiger partial charge >= 0.3 is 5.97 Å². The number of ether oxygens (including phenoxy) is 3. The molecular weight excluding hydrogens is 430 g/mol. The van der Waals surface area contributed by atoms with Crippen LogP contribution in [0.5, 0.6) is 11.5 Å².